The van der Waals surface area contributed by atoms with Crippen LogP contribution in [0.1, 0.15) is 194 Å². The summed E-state index contributed by atoms with van der Waals surface area (Å²) >= 11 is 0. The quantitative estimate of drug-likeness (QED) is 0.0165. The van der Waals surface area contributed by atoms with Crippen LogP contribution in [0.5, 0.6) is 23.0 Å². The number of carbonyl (C=O) groups is 2. The summed E-state index contributed by atoms with van der Waals surface area (Å²) in [5, 5.41) is 4.26. The molecular weight excluding hydrogens is 993 g/mol. The number of rotatable bonds is 46. The third kappa shape index (κ3) is 23.4. The van der Waals surface area contributed by atoms with Crippen LogP contribution in [-0.4, -0.2) is 50.6 Å². The van der Waals surface area contributed by atoms with Crippen molar-refractivity contribution < 1.29 is 38.0 Å². The molecule has 0 amide bonds. The maximum absolute atomic E-state index is 12.1. The van der Waals surface area contributed by atoms with E-state index >= 15 is 0 Å². The zero-order valence-corrected chi connectivity index (χ0v) is 49.3. The van der Waals surface area contributed by atoms with Gasteiger partial charge in [0.25, 0.3) is 0 Å². The van der Waals surface area contributed by atoms with Crippen molar-refractivity contribution in [2.24, 2.45) is 0 Å². The normalized spacial score (nSPS) is 11.2. The van der Waals surface area contributed by atoms with E-state index in [1.54, 1.807) is 24.3 Å². The van der Waals surface area contributed by atoms with Gasteiger partial charge < -0.3 is 28.4 Å². The van der Waals surface area contributed by atoms with Crippen LogP contribution in [0.15, 0.2) is 136 Å². The number of hydrogen-bond donors (Lipinski definition) is 0. The van der Waals surface area contributed by atoms with Crippen LogP contribution < -0.4 is 18.9 Å². The van der Waals surface area contributed by atoms with Gasteiger partial charge in [-0.1, -0.05) is 205 Å². The SMILES string of the molecule is C=CC(C=C)OC(=O)CCCCCCCOc1ccc(-c2ccc3c(OCCCCCCCCCC)c4cc(-c5ccc(OCCCCCCCC(=O)OC(C=C)C=C)cc5)ccc4c(OCCCCCCCCCC)c3c2)cc1. The van der Waals surface area contributed by atoms with E-state index in [9.17, 15) is 9.59 Å². The minimum Gasteiger partial charge on any atom is -0.494 e. The summed E-state index contributed by atoms with van der Waals surface area (Å²) in [4.78, 5) is 24.1. The minimum absolute atomic E-state index is 0.206. The first-order valence-corrected chi connectivity index (χ1v) is 31.0. The van der Waals surface area contributed by atoms with Gasteiger partial charge in [-0.15, -0.1) is 0 Å². The van der Waals surface area contributed by atoms with Crippen molar-refractivity contribution in [2.45, 2.75) is 206 Å². The van der Waals surface area contributed by atoms with Crippen LogP contribution in [0, 0.1) is 0 Å². The van der Waals surface area contributed by atoms with Crippen LogP contribution in [0.2, 0.25) is 0 Å². The molecule has 0 aliphatic heterocycles. The highest BCUT2D eigenvalue weighted by atomic mass is 16.5. The van der Waals surface area contributed by atoms with Gasteiger partial charge in [0.15, 0.2) is 0 Å². The van der Waals surface area contributed by atoms with E-state index in [1.807, 2.05) is 0 Å². The van der Waals surface area contributed by atoms with Crippen molar-refractivity contribution in [2.75, 3.05) is 26.4 Å². The van der Waals surface area contributed by atoms with Gasteiger partial charge in [-0.3, -0.25) is 9.59 Å². The Bertz CT molecular complexity index is 2380. The molecule has 0 saturated carbocycles. The summed E-state index contributed by atoms with van der Waals surface area (Å²) in [6, 6.07) is 30.4. The van der Waals surface area contributed by atoms with Gasteiger partial charge in [-0.25, -0.2) is 0 Å². The molecule has 5 rings (SSSR count). The molecule has 0 bridgehead atoms. The highest BCUT2D eigenvalue weighted by Crippen LogP contribution is 2.46. The Morgan fingerprint density at radius 1 is 0.350 bits per heavy atom. The third-order valence-electron chi connectivity index (χ3n) is 14.9. The molecule has 0 saturated heterocycles. The Labute approximate surface area is 482 Å². The molecule has 0 aliphatic carbocycles. The predicted molar refractivity (Wildman–Crippen MR) is 335 cm³/mol. The van der Waals surface area contributed by atoms with Gasteiger partial charge in [-0.05, 0) is 134 Å². The lowest BCUT2D eigenvalue weighted by atomic mass is 9.94. The molecule has 0 fully saturated rings. The van der Waals surface area contributed by atoms with Gasteiger partial charge in [0.1, 0.15) is 35.2 Å². The zero-order chi connectivity index (χ0) is 56.8. The first-order chi connectivity index (χ1) is 39.3. The molecule has 0 aliphatic rings. The standard InChI is InChI=1S/C72H98O8/c1-7-13-15-17-19-21-27-35-53-77-71-65-49-43-60(58-41-47-64(48-42-58)76-52-34-30-24-26-32-38-70(74)80-62(11-5)12-6)56-68(65)72(78-54-36-28-22-20-18-16-14-8-2)66-50-44-59(55-67(66)71)57-39-45-63(46-40-57)75-51-33-29-23-25-31-37-69(73)79-61(9-3)10-4/h9-12,39-50,55-56,61-62H,3-8,13-38,51-54H2,1-2H3. The van der Waals surface area contributed by atoms with E-state index in [2.05, 4.69) is 125 Å². The molecule has 5 aromatic carbocycles. The van der Waals surface area contributed by atoms with Gasteiger partial charge in [0, 0.05) is 34.4 Å². The molecule has 0 aromatic heterocycles. The second kappa shape index (κ2) is 39.2. The summed E-state index contributed by atoms with van der Waals surface area (Å²) in [6.45, 7) is 21.9. The van der Waals surface area contributed by atoms with Crippen LogP contribution in [0.25, 0.3) is 43.8 Å². The van der Waals surface area contributed by atoms with Gasteiger partial charge in [0.2, 0.25) is 0 Å². The molecule has 0 N–H and O–H groups in total. The van der Waals surface area contributed by atoms with E-state index in [4.69, 9.17) is 28.4 Å². The van der Waals surface area contributed by atoms with Gasteiger partial charge in [0.05, 0.1) is 26.4 Å². The lowest BCUT2D eigenvalue weighted by molar-refractivity contribution is -0.146. The Hall–Kier alpha value is -6.28. The number of fused-ring (bicyclic) bond motifs is 2. The van der Waals surface area contributed by atoms with Gasteiger partial charge >= 0.3 is 11.9 Å². The van der Waals surface area contributed by atoms with E-state index in [0.717, 1.165) is 157 Å². The Kier molecular flexibility index (Phi) is 31.6. The fourth-order valence-corrected chi connectivity index (χ4v) is 10.1. The topological polar surface area (TPSA) is 89.5 Å². The molecule has 80 heavy (non-hydrogen) atoms. The number of esters is 2. The largest absolute Gasteiger partial charge is 0.494 e. The molecule has 8 nitrogen and oxygen atoms in total. The summed E-state index contributed by atoms with van der Waals surface area (Å²) < 4.78 is 37.0. The Morgan fingerprint density at radius 3 is 0.963 bits per heavy atom. The Balaban J connectivity index is 1.30. The van der Waals surface area contributed by atoms with E-state index < -0.39 is 12.2 Å². The summed E-state index contributed by atoms with van der Waals surface area (Å²) in [5.74, 6) is 3.13. The second-order valence-electron chi connectivity index (χ2n) is 21.5. The van der Waals surface area contributed by atoms with E-state index in [1.165, 1.54) is 77.0 Å². The highest BCUT2D eigenvalue weighted by Gasteiger charge is 2.19. The number of benzene rings is 5. The molecule has 5 aromatic rings. The molecular formula is C72H98O8. The van der Waals surface area contributed by atoms with Crippen LogP contribution in [-0.2, 0) is 19.1 Å². The lowest BCUT2D eigenvalue weighted by Gasteiger charge is -2.20. The third-order valence-corrected chi connectivity index (χ3v) is 14.9. The monoisotopic (exact) mass is 1090 g/mol. The van der Waals surface area contributed by atoms with E-state index in [-0.39, 0.29) is 11.9 Å². The first kappa shape index (κ1) is 64.5. The van der Waals surface area contributed by atoms with Crippen molar-refractivity contribution in [1.82, 2.24) is 0 Å². The first-order valence-electron chi connectivity index (χ1n) is 31.0. The molecule has 0 heterocycles. The van der Waals surface area contributed by atoms with Crippen LogP contribution in [0.4, 0.5) is 0 Å². The van der Waals surface area contributed by atoms with Gasteiger partial charge in [-0.2, -0.15) is 0 Å². The molecule has 0 atom stereocenters. The molecule has 0 spiro atoms. The number of carbonyl (C=O) groups excluding carboxylic acids is 2. The number of hydrogen-bond acceptors (Lipinski definition) is 8. The van der Waals surface area contributed by atoms with Crippen LogP contribution in [0.3, 0.4) is 0 Å². The Morgan fingerprint density at radius 2 is 0.637 bits per heavy atom. The molecule has 0 unspecified atom stereocenters. The molecule has 0 radical (unpaired) electrons. The highest BCUT2D eigenvalue weighted by molar-refractivity contribution is 6.13. The summed E-state index contributed by atoms with van der Waals surface area (Å²) in [5.41, 5.74) is 4.45. The van der Waals surface area contributed by atoms with Crippen molar-refractivity contribution in [3.05, 3.63) is 136 Å². The average molecular weight is 1090 g/mol. The fourth-order valence-electron chi connectivity index (χ4n) is 10.1. The zero-order valence-electron chi connectivity index (χ0n) is 49.3. The number of ether oxygens (including phenoxy) is 6. The summed E-state index contributed by atoms with van der Waals surface area (Å²) in [6.07, 6.45) is 35.8. The van der Waals surface area contributed by atoms with Crippen molar-refractivity contribution in [3.8, 4) is 45.3 Å². The average Bonchev–Trinajstić information content (AvgIpc) is 3.48. The van der Waals surface area contributed by atoms with E-state index in [0.29, 0.717) is 39.3 Å². The maximum atomic E-state index is 12.1. The molecule has 434 valence electrons. The van der Waals surface area contributed by atoms with Crippen molar-refractivity contribution >= 4 is 33.5 Å². The smallest absolute Gasteiger partial charge is 0.306 e. The van der Waals surface area contributed by atoms with Crippen molar-refractivity contribution in [1.29, 1.82) is 0 Å². The molecule has 8 heteroatoms. The fraction of sp³-hybridized carbons (Fsp3) is 0.500. The predicted octanol–water partition coefficient (Wildman–Crippen LogP) is 20.4. The minimum atomic E-state index is -0.424. The van der Waals surface area contributed by atoms with Crippen molar-refractivity contribution in [3.63, 3.8) is 0 Å². The summed E-state index contributed by atoms with van der Waals surface area (Å²) in [7, 11) is 0. The lowest BCUT2D eigenvalue weighted by Crippen LogP contribution is -2.12. The number of unbranched alkanes of at least 4 members (excludes halogenated alkanes) is 22. The maximum Gasteiger partial charge on any atom is 0.306 e. The van der Waals surface area contributed by atoms with Crippen LogP contribution >= 0.6 is 0 Å². The second-order valence-corrected chi connectivity index (χ2v) is 21.5.